The number of hydrogen-bond acceptors (Lipinski definition) is 8. The molecule has 0 saturated heterocycles. The normalized spacial score (nSPS) is 12.2. The van der Waals surface area contributed by atoms with E-state index >= 15 is 0 Å². The maximum Gasteiger partial charge on any atom is 0.159 e. The molecule has 0 aliphatic rings. The summed E-state index contributed by atoms with van der Waals surface area (Å²) in [5, 5.41) is 31.0. The van der Waals surface area contributed by atoms with Crippen molar-refractivity contribution < 1.29 is 8.83 Å². The van der Waals surface area contributed by atoms with E-state index in [1.807, 2.05) is 80.2 Å². The first-order valence-corrected chi connectivity index (χ1v) is 49.4. The number of para-hydroxylation sites is 7. The van der Waals surface area contributed by atoms with E-state index in [9.17, 15) is 0 Å². The van der Waals surface area contributed by atoms with Gasteiger partial charge in [0.1, 0.15) is 16.7 Å². The summed E-state index contributed by atoms with van der Waals surface area (Å²) in [6.45, 7) is 0. The van der Waals surface area contributed by atoms with E-state index in [4.69, 9.17) is 8.83 Å². The van der Waals surface area contributed by atoms with Gasteiger partial charge in [-0.05, 0) is 109 Å². The van der Waals surface area contributed by atoms with Crippen LogP contribution in [-0.4, -0.2) is 18.3 Å². The largest absolute Gasteiger partial charge is 0.456 e. The lowest BCUT2D eigenvalue weighted by Crippen LogP contribution is -1.94. The van der Waals surface area contributed by atoms with Crippen LogP contribution in [0, 0.1) is 0 Å². The zero-order chi connectivity index (χ0) is 86.1. The third-order valence-electron chi connectivity index (χ3n) is 27.2. The van der Waals surface area contributed by atoms with E-state index in [0.29, 0.717) is 0 Å². The highest BCUT2D eigenvalue weighted by molar-refractivity contribution is 7.29. The maximum atomic E-state index is 6.46. The predicted octanol–water partition coefficient (Wildman–Crippen LogP) is 37.1. The number of nitrogens with zero attached hydrogens (tertiary/aromatic N) is 4. The Morgan fingerprint density at radius 1 is 0.144 bits per heavy atom. The molecule has 616 valence electrons. The standard InChI is InChI=1S/2C30H17NOS.2C30H17NS2/c1-4-11-23-18(8-1)20-16-17-21-19-9-3-6-15-27(19)33-30(21)29(20)31(23)24-12-7-14-26-28(24)22-10-2-5-13-25(22)32-26;2*1-4-12-24-18(8-1)21-16-17-23-20-10-3-6-15-27(20)33-30(23)28(21)31(24)25-13-7-11-22-19-9-2-5-14-26(19)32-29(22)25;1-4-11-23-18(8-1)20-16-17-21-19-9-2-5-13-25(19)33-30(21)29(20)31(23)24-12-7-15-27-28(24)22-10-3-6-14-26(22)32-27/h4*1-17H. The number of hydrogen-bond donors (Lipinski definition) is 0. The van der Waals surface area contributed by atoms with Crippen LogP contribution in [0.4, 0.5) is 0 Å². The second kappa shape index (κ2) is 29.0. The molecular weight excluding hydrogens is 1720 g/mol. The molecule has 32 aromatic rings. The van der Waals surface area contributed by atoms with E-state index in [1.54, 1.807) is 0 Å². The minimum absolute atomic E-state index is 0.920. The van der Waals surface area contributed by atoms with Crippen LogP contribution in [0.3, 0.4) is 0 Å². The van der Waals surface area contributed by atoms with Crippen LogP contribution in [0.5, 0.6) is 0 Å². The summed E-state index contributed by atoms with van der Waals surface area (Å²) >= 11 is 11.3. The fourth-order valence-electron chi connectivity index (χ4n) is 21.6. The lowest BCUT2D eigenvalue weighted by atomic mass is 10.1. The molecule has 0 radical (unpaired) electrons. The van der Waals surface area contributed by atoms with E-state index < -0.39 is 0 Å². The van der Waals surface area contributed by atoms with Crippen LogP contribution in [0.1, 0.15) is 0 Å². The maximum absolute atomic E-state index is 6.46. The van der Waals surface area contributed by atoms with Gasteiger partial charge in [0, 0.05) is 157 Å². The Hall–Kier alpha value is -15.5. The van der Waals surface area contributed by atoms with Crippen molar-refractivity contribution in [3.63, 3.8) is 0 Å². The van der Waals surface area contributed by atoms with Crippen molar-refractivity contribution >= 4 is 320 Å². The Morgan fingerprint density at radius 2 is 0.409 bits per heavy atom. The molecule has 12 heterocycles. The third-order valence-corrected chi connectivity index (χ3v) is 34.3. The quantitative estimate of drug-likeness (QED) is 0.176. The third kappa shape index (κ3) is 10.9. The van der Waals surface area contributed by atoms with Crippen LogP contribution in [-0.2, 0) is 0 Å². The highest BCUT2D eigenvalue weighted by Gasteiger charge is 2.27. The minimum Gasteiger partial charge on any atom is -0.456 e. The molecule has 20 aromatic carbocycles. The molecule has 0 N–H and O–H groups in total. The predicted molar refractivity (Wildman–Crippen MR) is 575 cm³/mol. The molecule has 0 aliphatic carbocycles. The van der Waals surface area contributed by atoms with Crippen LogP contribution in [0.15, 0.2) is 421 Å². The molecular formula is C120H68N4O2S6. The summed E-state index contributed by atoms with van der Waals surface area (Å²) < 4.78 is 38.7. The first kappa shape index (κ1) is 74.4. The number of fused-ring (bicyclic) bond motifs is 40. The molecule has 32 rings (SSSR count). The van der Waals surface area contributed by atoms with Gasteiger partial charge in [-0.3, -0.25) is 0 Å². The van der Waals surface area contributed by atoms with Gasteiger partial charge in [-0.25, -0.2) is 0 Å². The van der Waals surface area contributed by atoms with Crippen molar-refractivity contribution in [2.75, 3.05) is 0 Å². The Labute approximate surface area is 775 Å². The van der Waals surface area contributed by atoms with Crippen LogP contribution in [0.2, 0.25) is 0 Å². The molecule has 0 atom stereocenters. The highest BCUT2D eigenvalue weighted by atomic mass is 32.1. The zero-order valence-electron chi connectivity index (χ0n) is 70.3. The molecule has 0 amide bonds. The number of rotatable bonds is 4. The molecule has 12 heteroatoms. The van der Waals surface area contributed by atoms with Crippen molar-refractivity contribution in [1.82, 2.24) is 18.3 Å². The number of furan rings is 2. The second-order valence-electron chi connectivity index (χ2n) is 34.2. The molecule has 6 nitrogen and oxygen atoms in total. The Morgan fingerprint density at radius 3 is 0.848 bits per heavy atom. The summed E-state index contributed by atoms with van der Waals surface area (Å²) in [6.07, 6.45) is 0. The van der Waals surface area contributed by atoms with Gasteiger partial charge < -0.3 is 27.1 Å². The average Bonchev–Trinajstić information content (AvgIpc) is 1.56. The Kier molecular flexibility index (Phi) is 16.4. The molecule has 0 unspecified atom stereocenters. The molecule has 12 aromatic heterocycles. The fourth-order valence-corrected chi connectivity index (χ4v) is 28.9. The van der Waals surface area contributed by atoms with Crippen molar-refractivity contribution in [2.24, 2.45) is 0 Å². The smallest absolute Gasteiger partial charge is 0.159 e. The summed E-state index contributed by atoms with van der Waals surface area (Å²) in [7, 11) is 0. The SMILES string of the molecule is c1ccc2c(c1)oc1c(-n3c4ccccc4c4ccc5c6ccccc6sc5c43)cccc12.c1ccc2c(c1)oc1cccc(-n3c4ccccc4c4ccc5c6ccccc6sc5c43)c12.c1ccc2c(c1)sc1c(-n3c4ccccc4c4ccc5c6ccccc6sc5c43)cccc12.c1ccc2c(c1)sc1c2ccc2c3ccccc3n(-c3cccc4sc5ccccc5c34)c21. The molecule has 132 heavy (non-hydrogen) atoms. The topological polar surface area (TPSA) is 46.0 Å². The van der Waals surface area contributed by atoms with Gasteiger partial charge in [0.15, 0.2) is 5.58 Å². The molecule has 0 bridgehead atoms. The van der Waals surface area contributed by atoms with Crippen molar-refractivity contribution in [2.45, 2.75) is 0 Å². The molecule has 0 saturated carbocycles. The van der Waals surface area contributed by atoms with E-state index in [0.717, 1.165) is 55.3 Å². The molecule has 0 fully saturated rings. The lowest BCUT2D eigenvalue weighted by molar-refractivity contribution is 0.666. The van der Waals surface area contributed by atoms with E-state index in [2.05, 4.69) is 419 Å². The van der Waals surface area contributed by atoms with Crippen LogP contribution in [0.25, 0.3) is 275 Å². The second-order valence-corrected chi connectivity index (χ2v) is 40.5. The fraction of sp³-hybridized carbons (Fsp3) is 0. The van der Waals surface area contributed by atoms with Gasteiger partial charge in [-0.15, -0.1) is 68.0 Å². The average molecular weight is 1790 g/mol. The monoisotopic (exact) mass is 1790 g/mol. The van der Waals surface area contributed by atoms with Gasteiger partial charge in [0.25, 0.3) is 0 Å². The van der Waals surface area contributed by atoms with Gasteiger partial charge >= 0.3 is 0 Å². The minimum atomic E-state index is 0.920. The van der Waals surface area contributed by atoms with Gasteiger partial charge in [-0.2, -0.15) is 0 Å². The van der Waals surface area contributed by atoms with Gasteiger partial charge in [-0.1, -0.05) is 303 Å². The first-order valence-electron chi connectivity index (χ1n) is 44.5. The summed E-state index contributed by atoms with van der Waals surface area (Å²) in [4.78, 5) is 0. The van der Waals surface area contributed by atoms with Crippen molar-refractivity contribution in [3.05, 3.63) is 413 Å². The Balaban J connectivity index is 0.0000000862. The van der Waals surface area contributed by atoms with Gasteiger partial charge in [0.05, 0.1) is 95.8 Å². The zero-order valence-corrected chi connectivity index (χ0v) is 75.2. The van der Waals surface area contributed by atoms with Crippen LogP contribution < -0.4 is 0 Å². The van der Waals surface area contributed by atoms with Crippen molar-refractivity contribution in [1.29, 1.82) is 0 Å². The lowest BCUT2D eigenvalue weighted by Gasteiger charge is -2.11. The summed E-state index contributed by atoms with van der Waals surface area (Å²) in [5.74, 6) is 0. The van der Waals surface area contributed by atoms with Crippen LogP contribution >= 0.6 is 68.0 Å². The van der Waals surface area contributed by atoms with E-state index in [-0.39, 0.29) is 0 Å². The van der Waals surface area contributed by atoms with E-state index in [1.165, 1.54) is 220 Å². The Bertz CT molecular complexity index is 9910. The summed E-state index contributed by atoms with van der Waals surface area (Å²) in [5.41, 5.74) is 18.6. The highest BCUT2D eigenvalue weighted by Crippen LogP contribution is 2.52. The summed E-state index contributed by atoms with van der Waals surface area (Å²) in [6, 6.07) is 149. The number of aromatic nitrogens is 4. The number of thiophene rings is 6. The van der Waals surface area contributed by atoms with Gasteiger partial charge in [0.2, 0.25) is 0 Å². The van der Waals surface area contributed by atoms with Crippen molar-refractivity contribution in [3.8, 4) is 22.7 Å². The number of benzene rings is 20. The first-order chi connectivity index (χ1) is 65.5. The molecule has 0 aliphatic heterocycles. The molecule has 0 spiro atoms.